The van der Waals surface area contributed by atoms with Crippen molar-refractivity contribution in [3.8, 4) is 0 Å². The molecule has 1 unspecified atom stereocenters. The number of carbonyl (C=O) groups excluding carboxylic acids is 1. The zero-order valence-electron chi connectivity index (χ0n) is 9.25. The number of nitrogens with zero attached hydrogens (tertiary/aromatic N) is 3. The summed E-state index contributed by atoms with van der Waals surface area (Å²) in [6.45, 7) is 1.71. The summed E-state index contributed by atoms with van der Waals surface area (Å²) in [4.78, 5) is 25.5. The number of carbonyl (C=O) groups is 2. The third-order valence-corrected chi connectivity index (χ3v) is 1.88. The molecule has 1 heterocycles. The number of aliphatic carboxylic acids is 1. The van der Waals surface area contributed by atoms with Gasteiger partial charge in [0, 0.05) is 12.5 Å². The van der Waals surface area contributed by atoms with E-state index >= 15 is 0 Å². The van der Waals surface area contributed by atoms with Gasteiger partial charge >= 0.3 is 12.0 Å². The van der Waals surface area contributed by atoms with Crippen molar-refractivity contribution in [2.24, 2.45) is 0 Å². The van der Waals surface area contributed by atoms with Gasteiger partial charge in [-0.15, -0.1) is 5.10 Å². The Kier molecular flexibility index (Phi) is 4.79. The minimum Gasteiger partial charge on any atom is -0.481 e. The van der Waals surface area contributed by atoms with E-state index in [0.29, 0.717) is 6.42 Å². The summed E-state index contributed by atoms with van der Waals surface area (Å²) < 4.78 is 0. The van der Waals surface area contributed by atoms with Crippen molar-refractivity contribution in [3.63, 3.8) is 0 Å². The van der Waals surface area contributed by atoms with Crippen molar-refractivity contribution in [3.05, 3.63) is 12.4 Å². The number of aromatic nitrogens is 3. The lowest BCUT2D eigenvalue weighted by Crippen LogP contribution is -2.36. The number of hydrogen-bond acceptors (Lipinski definition) is 5. The summed E-state index contributed by atoms with van der Waals surface area (Å²) in [5.41, 5.74) is 0. The average molecular weight is 239 g/mol. The Bertz CT molecular complexity index is 383. The van der Waals surface area contributed by atoms with Crippen LogP contribution in [0.1, 0.15) is 19.8 Å². The standard InChI is InChI=1S/C9H13N5O3/c1-6(2-3-7(15)16)12-9(17)13-8-10-4-5-11-14-8/h4-6H,2-3H2,1H3,(H,15,16)(H2,10,12,13,14,17). The zero-order valence-corrected chi connectivity index (χ0v) is 9.25. The molecule has 0 aliphatic heterocycles. The zero-order chi connectivity index (χ0) is 12.7. The van der Waals surface area contributed by atoms with Crippen molar-refractivity contribution in [2.75, 3.05) is 5.32 Å². The topological polar surface area (TPSA) is 117 Å². The maximum atomic E-state index is 11.4. The second kappa shape index (κ2) is 6.36. The molecule has 0 saturated heterocycles. The molecule has 0 radical (unpaired) electrons. The molecule has 1 aromatic heterocycles. The molecule has 0 bridgehead atoms. The van der Waals surface area contributed by atoms with Gasteiger partial charge in [0.2, 0.25) is 0 Å². The van der Waals surface area contributed by atoms with Gasteiger partial charge in [-0.2, -0.15) is 5.10 Å². The predicted octanol–water partition coefficient (Wildman–Crippen LogP) is 0.246. The lowest BCUT2D eigenvalue weighted by atomic mass is 10.2. The smallest absolute Gasteiger partial charge is 0.321 e. The van der Waals surface area contributed by atoms with Crippen LogP contribution >= 0.6 is 0 Å². The fourth-order valence-corrected chi connectivity index (χ4v) is 1.08. The molecule has 1 atom stereocenters. The van der Waals surface area contributed by atoms with Crippen LogP contribution in [0.15, 0.2) is 12.4 Å². The van der Waals surface area contributed by atoms with Crippen LogP contribution in [0.3, 0.4) is 0 Å². The number of amides is 2. The van der Waals surface area contributed by atoms with E-state index in [1.165, 1.54) is 12.4 Å². The number of rotatable bonds is 5. The monoisotopic (exact) mass is 239 g/mol. The first-order chi connectivity index (χ1) is 8.08. The lowest BCUT2D eigenvalue weighted by molar-refractivity contribution is -0.137. The van der Waals surface area contributed by atoms with Gasteiger partial charge in [-0.3, -0.25) is 10.1 Å². The molecular formula is C9H13N5O3. The van der Waals surface area contributed by atoms with E-state index in [1.54, 1.807) is 6.92 Å². The van der Waals surface area contributed by atoms with E-state index in [1.807, 2.05) is 0 Å². The van der Waals surface area contributed by atoms with Gasteiger partial charge in [0.15, 0.2) is 0 Å². The van der Waals surface area contributed by atoms with Gasteiger partial charge in [0.25, 0.3) is 5.95 Å². The molecule has 0 aliphatic carbocycles. The molecule has 0 spiro atoms. The summed E-state index contributed by atoms with van der Waals surface area (Å²) >= 11 is 0. The number of urea groups is 1. The molecule has 8 nitrogen and oxygen atoms in total. The van der Waals surface area contributed by atoms with Crippen LogP contribution in [0, 0.1) is 0 Å². The van der Waals surface area contributed by atoms with E-state index in [0.717, 1.165) is 0 Å². The highest BCUT2D eigenvalue weighted by Crippen LogP contribution is 1.97. The molecule has 2 amide bonds. The molecule has 17 heavy (non-hydrogen) atoms. The van der Waals surface area contributed by atoms with Crippen molar-refractivity contribution < 1.29 is 14.7 Å². The van der Waals surface area contributed by atoms with Crippen LogP contribution in [0.25, 0.3) is 0 Å². The molecule has 8 heteroatoms. The average Bonchev–Trinajstić information content (AvgIpc) is 2.27. The van der Waals surface area contributed by atoms with Gasteiger partial charge in [-0.05, 0) is 13.3 Å². The first-order valence-corrected chi connectivity index (χ1v) is 5.01. The second-order valence-electron chi connectivity index (χ2n) is 3.40. The van der Waals surface area contributed by atoms with Crippen LogP contribution < -0.4 is 10.6 Å². The quantitative estimate of drug-likeness (QED) is 0.677. The molecule has 1 rings (SSSR count). The maximum Gasteiger partial charge on any atom is 0.321 e. The number of nitrogens with one attached hydrogen (secondary N) is 2. The van der Waals surface area contributed by atoms with Crippen molar-refractivity contribution in [1.29, 1.82) is 0 Å². The first-order valence-electron chi connectivity index (χ1n) is 5.01. The van der Waals surface area contributed by atoms with Gasteiger partial charge in [-0.1, -0.05) is 0 Å². The van der Waals surface area contributed by atoms with Gasteiger partial charge in [0.1, 0.15) is 0 Å². The van der Waals surface area contributed by atoms with Crippen LogP contribution in [0.4, 0.5) is 10.7 Å². The molecule has 0 saturated carbocycles. The lowest BCUT2D eigenvalue weighted by Gasteiger charge is -2.12. The van der Waals surface area contributed by atoms with E-state index in [9.17, 15) is 9.59 Å². The highest BCUT2D eigenvalue weighted by molar-refractivity contribution is 5.87. The van der Waals surface area contributed by atoms with Crippen LogP contribution in [-0.2, 0) is 4.79 Å². The Morgan fingerprint density at radius 2 is 2.24 bits per heavy atom. The molecule has 0 fully saturated rings. The minimum absolute atomic E-state index is 0.00480. The number of hydrogen-bond donors (Lipinski definition) is 3. The normalized spacial score (nSPS) is 11.6. The van der Waals surface area contributed by atoms with E-state index < -0.39 is 12.0 Å². The predicted molar refractivity (Wildman–Crippen MR) is 58.3 cm³/mol. The first kappa shape index (κ1) is 12.8. The molecule has 0 aromatic carbocycles. The fraction of sp³-hybridized carbons (Fsp3) is 0.444. The second-order valence-corrected chi connectivity index (χ2v) is 3.40. The molecule has 1 aromatic rings. The molecule has 3 N–H and O–H groups in total. The van der Waals surface area contributed by atoms with Crippen molar-refractivity contribution in [2.45, 2.75) is 25.8 Å². The third kappa shape index (κ3) is 5.40. The highest BCUT2D eigenvalue weighted by Gasteiger charge is 2.09. The Labute approximate surface area is 97.5 Å². The molecule has 92 valence electrons. The fourth-order valence-electron chi connectivity index (χ4n) is 1.08. The summed E-state index contributed by atoms with van der Waals surface area (Å²) in [6.07, 6.45) is 3.15. The van der Waals surface area contributed by atoms with Crippen molar-refractivity contribution >= 4 is 17.9 Å². The van der Waals surface area contributed by atoms with Crippen LogP contribution in [0.2, 0.25) is 0 Å². The van der Waals surface area contributed by atoms with Gasteiger partial charge in [0.05, 0.1) is 12.4 Å². The Morgan fingerprint density at radius 3 is 2.82 bits per heavy atom. The van der Waals surface area contributed by atoms with Gasteiger partial charge < -0.3 is 10.4 Å². The van der Waals surface area contributed by atoms with E-state index in [4.69, 9.17) is 5.11 Å². The summed E-state index contributed by atoms with van der Waals surface area (Å²) in [6, 6.07) is -0.737. The van der Waals surface area contributed by atoms with E-state index in [2.05, 4.69) is 25.8 Å². The van der Waals surface area contributed by atoms with Crippen LogP contribution in [-0.4, -0.2) is 38.3 Å². The SMILES string of the molecule is CC(CCC(=O)O)NC(=O)Nc1nccnn1. The summed E-state index contributed by atoms with van der Waals surface area (Å²) in [7, 11) is 0. The largest absolute Gasteiger partial charge is 0.481 e. The Balaban J connectivity index is 2.32. The van der Waals surface area contributed by atoms with Crippen molar-refractivity contribution in [1.82, 2.24) is 20.5 Å². The molecule has 0 aliphatic rings. The highest BCUT2D eigenvalue weighted by atomic mass is 16.4. The maximum absolute atomic E-state index is 11.4. The van der Waals surface area contributed by atoms with E-state index in [-0.39, 0.29) is 18.4 Å². The van der Waals surface area contributed by atoms with Crippen LogP contribution in [0.5, 0.6) is 0 Å². The minimum atomic E-state index is -0.894. The summed E-state index contributed by atoms with van der Waals surface area (Å²) in [5.74, 6) is -0.801. The number of carboxylic acids is 1. The number of anilines is 1. The summed E-state index contributed by atoms with van der Waals surface area (Å²) in [5, 5.41) is 20.5. The molecular weight excluding hydrogens is 226 g/mol. The Hall–Kier alpha value is -2.25. The number of carboxylic acid groups (broad SMARTS) is 1. The van der Waals surface area contributed by atoms with Gasteiger partial charge in [-0.25, -0.2) is 9.78 Å². The Morgan fingerprint density at radius 1 is 1.47 bits per heavy atom. The third-order valence-electron chi connectivity index (χ3n) is 1.88.